The number of likely N-dealkylation sites (tertiary alicyclic amines) is 1. The van der Waals surface area contributed by atoms with Crippen molar-refractivity contribution in [2.45, 2.75) is 18.9 Å². The fourth-order valence-electron chi connectivity index (χ4n) is 2.70. The molecule has 1 atom stereocenters. The highest BCUT2D eigenvalue weighted by Crippen LogP contribution is 2.09. The molecule has 1 fully saturated rings. The zero-order valence-corrected chi connectivity index (χ0v) is 13.9. The van der Waals surface area contributed by atoms with Gasteiger partial charge in [0.1, 0.15) is 11.9 Å². The molecule has 2 heterocycles. The number of amides is 3. The van der Waals surface area contributed by atoms with Crippen LogP contribution in [0.4, 0.5) is 9.18 Å². The quantitative estimate of drug-likeness (QED) is 0.851. The predicted octanol–water partition coefficient (Wildman–Crippen LogP) is 1.08. The van der Waals surface area contributed by atoms with Crippen molar-refractivity contribution in [3.05, 3.63) is 48.0 Å². The van der Waals surface area contributed by atoms with Gasteiger partial charge in [0.05, 0.1) is 11.4 Å². The maximum Gasteiger partial charge on any atom is 0.315 e. The van der Waals surface area contributed by atoms with Gasteiger partial charge in [-0.15, -0.1) is 0 Å². The Morgan fingerprint density at radius 2 is 2.08 bits per heavy atom. The Morgan fingerprint density at radius 1 is 1.32 bits per heavy atom. The summed E-state index contributed by atoms with van der Waals surface area (Å²) in [6.07, 6.45) is 2.97. The SMILES string of the molecule is CN1CC[C@H](NC(=O)NCCc2ccn(-c3ccc(F)cc3)n2)C1=O. The van der Waals surface area contributed by atoms with E-state index in [0.717, 1.165) is 11.4 Å². The van der Waals surface area contributed by atoms with E-state index in [-0.39, 0.29) is 17.8 Å². The highest BCUT2D eigenvalue weighted by atomic mass is 19.1. The molecule has 0 bridgehead atoms. The lowest BCUT2D eigenvalue weighted by atomic mass is 10.2. The minimum atomic E-state index is -0.442. The molecule has 1 saturated heterocycles. The molecular formula is C17H20FN5O2. The Balaban J connectivity index is 1.45. The summed E-state index contributed by atoms with van der Waals surface area (Å²) in [6, 6.07) is 7.10. The topological polar surface area (TPSA) is 79.3 Å². The van der Waals surface area contributed by atoms with Crippen LogP contribution in [-0.4, -0.2) is 52.8 Å². The van der Waals surface area contributed by atoms with Crippen molar-refractivity contribution < 1.29 is 14.0 Å². The average molecular weight is 345 g/mol. The molecule has 2 N–H and O–H groups in total. The van der Waals surface area contributed by atoms with Gasteiger partial charge in [-0.2, -0.15) is 5.10 Å². The van der Waals surface area contributed by atoms with E-state index >= 15 is 0 Å². The molecule has 1 aromatic carbocycles. The smallest absolute Gasteiger partial charge is 0.315 e. The Hall–Kier alpha value is -2.90. The number of nitrogens with one attached hydrogen (secondary N) is 2. The maximum atomic E-state index is 12.9. The lowest BCUT2D eigenvalue weighted by Crippen LogP contribution is -2.46. The van der Waals surface area contributed by atoms with Crippen molar-refractivity contribution in [2.75, 3.05) is 20.1 Å². The number of rotatable bonds is 5. The van der Waals surface area contributed by atoms with E-state index in [0.29, 0.717) is 25.9 Å². The molecule has 25 heavy (non-hydrogen) atoms. The van der Waals surface area contributed by atoms with Gasteiger partial charge in [0.15, 0.2) is 0 Å². The molecule has 1 aliphatic rings. The van der Waals surface area contributed by atoms with Crippen molar-refractivity contribution in [2.24, 2.45) is 0 Å². The maximum absolute atomic E-state index is 12.9. The van der Waals surface area contributed by atoms with Crippen LogP contribution in [0.2, 0.25) is 0 Å². The van der Waals surface area contributed by atoms with E-state index in [1.165, 1.54) is 12.1 Å². The first-order valence-electron chi connectivity index (χ1n) is 8.13. The number of carbonyl (C=O) groups is 2. The van der Waals surface area contributed by atoms with Crippen LogP contribution in [0, 0.1) is 5.82 Å². The number of nitrogens with zero attached hydrogens (tertiary/aromatic N) is 3. The van der Waals surface area contributed by atoms with Crippen LogP contribution in [0.5, 0.6) is 0 Å². The third-order valence-corrected chi connectivity index (χ3v) is 4.13. The second kappa shape index (κ2) is 7.33. The molecule has 0 saturated carbocycles. The van der Waals surface area contributed by atoms with Crippen molar-refractivity contribution in [3.63, 3.8) is 0 Å². The third-order valence-electron chi connectivity index (χ3n) is 4.13. The lowest BCUT2D eigenvalue weighted by Gasteiger charge is -2.12. The van der Waals surface area contributed by atoms with Gasteiger partial charge in [-0.1, -0.05) is 0 Å². The number of aromatic nitrogens is 2. The summed E-state index contributed by atoms with van der Waals surface area (Å²) in [7, 11) is 1.72. The number of likely N-dealkylation sites (N-methyl/N-ethyl adjacent to an activating group) is 1. The first kappa shape index (κ1) is 16.9. The first-order valence-corrected chi connectivity index (χ1v) is 8.13. The fourth-order valence-corrected chi connectivity index (χ4v) is 2.70. The first-order chi connectivity index (χ1) is 12.0. The largest absolute Gasteiger partial charge is 0.344 e. The monoisotopic (exact) mass is 345 g/mol. The van der Waals surface area contributed by atoms with Crippen LogP contribution in [0.3, 0.4) is 0 Å². The van der Waals surface area contributed by atoms with Gasteiger partial charge in [-0.3, -0.25) is 4.79 Å². The van der Waals surface area contributed by atoms with E-state index in [1.807, 2.05) is 6.07 Å². The third kappa shape index (κ3) is 4.14. The molecule has 0 unspecified atom stereocenters. The van der Waals surface area contributed by atoms with Crippen LogP contribution in [0.1, 0.15) is 12.1 Å². The van der Waals surface area contributed by atoms with E-state index in [4.69, 9.17) is 0 Å². The zero-order valence-electron chi connectivity index (χ0n) is 13.9. The standard InChI is InChI=1S/C17H20FN5O2/c1-22-10-8-15(16(22)24)20-17(25)19-9-6-13-7-11-23(21-13)14-4-2-12(18)3-5-14/h2-5,7,11,15H,6,8-10H2,1H3,(H2,19,20,25)/t15-/m0/s1. The van der Waals surface area contributed by atoms with E-state index in [9.17, 15) is 14.0 Å². The molecule has 3 amide bonds. The second-order valence-corrected chi connectivity index (χ2v) is 5.98. The Labute approximate surface area is 144 Å². The zero-order chi connectivity index (χ0) is 17.8. The van der Waals surface area contributed by atoms with E-state index in [2.05, 4.69) is 15.7 Å². The van der Waals surface area contributed by atoms with Gasteiger partial charge in [-0.25, -0.2) is 13.9 Å². The van der Waals surface area contributed by atoms with E-state index < -0.39 is 6.04 Å². The molecule has 8 heteroatoms. The molecule has 1 aliphatic heterocycles. The van der Waals surface area contributed by atoms with Gasteiger partial charge in [0, 0.05) is 32.8 Å². The molecule has 7 nitrogen and oxygen atoms in total. The van der Waals surface area contributed by atoms with Crippen LogP contribution in [0.25, 0.3) is 5.69 Å². The van der Waals surface area contributed by atoms with E-state index in [1.54, 1.807) is 35.0 Å². The van der Waals surface area contributed by atoms with Crippen molar-refractivity contribution in [3.8, 4) is 5.69 Å². The molecule has 1 aromatic heterocycles. The minimum absolute atomic E-state index is 0.0619. The minimum Gasteiger partial charge on any atom is -0.344 e. The molecule has 0 aliphatic carbocycles. The van der Waals surface area contributed by atoms with Gasteiger partial charge < -0.3 is 15.5 Å². The van der Waals surface area contributed by atoms with Gasteiger partial charge in [0.25, 0.3) is 0 Å². The molecule has 2 aromatic rings. The Bertz CT molecular complexity index is 759. The highest BCUT2D eigenvalue weighted by molar-refractivity contribution is 5.88. The molecule has 3 rings (SSSR count). The van der Waals surface area contributed by atoms with Crippen LogP contribution < -0.4 is 10.6 Å². The number of hydrogen-bond acceptors (Lipinski definition) is 3. The van der Waals surface area contributed by atoms with Crippen molar-refractivity contribution in [1.29, 1.82) is 0 Å². The summed E-state index contributed by atoms with van der Waals surface area (Å²) in [5.74, 6) is -0.355. The number of carbonyl (C=O) groups excluding carboxylic acids is 2. The number of halogens is 1. The van der Waals surface area contributed by atoms with Crippen LogP contribution in [0.15, 0.2) is 36.5 Å². The molecule has 132 valence electrons. The molecule has 0 spiro atoms. The summed E-state index contributed by atoms with van der Waals surface area (Å²) in [6.45, 7) is 1.06. The summed E-state index contributed by atoms with van der Waals surface area (Å²) in [5, 5.41) is 9.80. The number of urea groups is 1. The molecular weight excluding hydrogens is 325 g/mol. The Kier molecular flexibility index (Phi) is 4.97. The summed E-state index contributed by atoms with van der Waals surface area (Å²) >= 11 is 0. The lowest BCUT2D eigenvalue weighted by molar-refractivity contribution is -0.128. The van der Waals surface area contributed by atoms with Crippen molar-refractivity contribution >= 4 is 11.9 Å². The normalized spacial score (nSPS) is 17.0. The fraction of sp³-hybridized carbons (Fsp3) is 0.353. The van der Waals surface area contributed by atoms with Crippen molar-refractivity contribution in [1.82, 2.24) is 25.3 Å². The van der Waals surface area contributed by atoms with Crippen LogP contribution >= 0.6 is 0 Å². The van der Waals surface area contributed by atoms with Crippen LogP contribution in [-0.2, 0) is 11.2 Å². The highest BCUT2D eigenvalue weighted by Gasteiger charge is 2.29. The summed E-state index contributed by atoms with van der Waals surface area (Å²) in [5.41, 5.74) is 1.57. The summed E-state index contributed by atoms with van der Waals surface area (Å²) < 4.78 is 14.6. The second-order valence-electron chi connectivity index (χ2n) is 5.98. The van der Waals surface area contributed by atoms with Gasteiger partial charge in [0.2, 0.25) is 5.91 Å². The van der Waals surface area contributed by atoms with Gasteiger partial charge in [-0.05, 0) is 36.8 Å². The summed E-state index contributed by atoms with van der Waals surface area (Å²) in [4.78, 5) is 25.2. The Morgan fingerprint density at radius 3 is 2.76 bits per heavy atom. The average Bonchev–Trinajstić information content (AvgIpc) is 3.18. The van der Waals surface area contributed by atoms with Gasteiger partial charge >= 0.3 is 6.03 Å². The number of hydrogen-bond donors (Lipinski definition) is 2. The predicted molar refractivity (Wildman–Crippen MR) is 89.8 cm³/mol. The number of benzene rings is 1. The molecule has 0 radical (unpaired) electrons.